The molecule has 4 aliphatic heterocycles. The Morgan fingerprint density at radius 2 is 1.61 bits per heavy atom. The first-order valence-corrected chi connectivity index (χ1v) is 21.0. The monoisotopic (exact) mass is 801 g/mol. The summed E-state index contributed by atoms with van der Waals surface area (Å²) in [6, 6.07) is 10.9. The number of pyridine rings is 1. The fraction of sp³-hybridized carbons (Fsp3) is 0.488. The summed E-state index contributed by atoms with van der Waals surface area (Å²) in [6.45, 7) is 4.48. The molecule has 7 heterocycles. The Hall–Kier alpha value is -5.90. The lowest BCUT2D eigenvalue weighted by molar-refractivity contribution is -0.136. The van der Waals surface area contributed by atoms with Gasteiger partial charge in [0.1, 0.15) is 23.2 Å². The third-order valence-corrected chi connectivity index (χ3v) is 12.8. The molecule has 3 N–H and O–H groups in total. The number of rotatable bonds is 10. The summed E-state index contributed by atoms with van der Waals surface area (Å²) in [5.41, 5.74) is 4.00. The molecule has 1 aromatic carbocycles. The van der Waals surface area contributed by atoms with Gasteiger partial charge in [-0.2, -0.15) is 4.98 Å². The smallest absolute Gasteiger partial charge is 0.270 e. The molecule has 3 saturated heterocycles. The van der Waals surface area contributed by atoms with Crippen LogP contribution in [0.25, 0.3) is 11.0 Å². The Morgan fingerprint density at radius 3 is 2.36 bits per heavy atom. The quantitative estimate of drug-likeness (QED) is 0.195. The van der Waals surface area contributed by atoms with Gasteiger partial charge in [-0.25, -0.2) is 9.97 Å². The van der Waals surface area contributed by atoms with Gasteiger partial charge >= 0.3 is 0 Å². The number of hydrogen-bond donors (Lipinski definition) is 3. The van der Waals surface area contributed by atoms with Crippen LogP contribution < -0.4 is 25.8 Å². The van der Waals surface area contributed by atoms with Gasteiger partial charge in [0.05, 0.1) is 23.0 Å². The molecule has 1 aliphatic carbocycles. The van der Waals surface area contributed by atoms with Crippen LogP contribution in [-0.4, -0.2) is 118 Å². The maximum absolute atomic E-state index is 13.4. The van der Waals surface area contributed by atoms with Gasteiger partial charge in [-0.1, -0.05) is 12.8 Å². The van der Waals surface area contributed by atoms with Crippen molar-refractivity contribution in [3.63, 3.8) is 0 Å². The zero-order chi connectivity index (χ0) is 40.8. The third kappa shape index (κ3) is 7.61. The summed E-state index contributed by atoms with van der Waals surface area (Å²) in [6.07, 6.45) is 12.5. The number of amides is 5. The summed E-state index contributed by atoms with van der Waals surface area (Å²) in [7, 11) is 3.55. The largest absolute Gasteiger partial charge is 0.370 e. The van der Waals surface area contributed by atoms with Crippen molar-refractivity contribution in [1.82, 2.24) is 40.0 Å². The highest BCUT2D eigenvalue weighted by atomic mass is 16.2. The van der Waals surface area contributed by atoms with Gasteiger partial charge in [0.15, 0.2) is 0 Å². The molecule has 5 amide bonds. The molecule has 59 heavy (non-hydrogen) atoms. The van der Waals surface area contributed by atoms with Gasteiger partial charge in [-0.3, -0.25) is 34.2 Å². The molecule has 4 fully saturated rings. The van der Waals surface area contributed by atoms with E-state index in [0.29, 0.717) is 40.5 Å². The van der Waals surface area contributed by atoms with Crippen molar-refractivity contribution < 1.29 is 24.0 Å². The molecule has 3 aromatic heterocycles. The molecular formula is C43H51N11O5. The summed E-state index contributed by atoms with van der Waals surface area (Å²) in [5.74, 6) is -0.326. The number of nitrogens with zero attached hydrogens (tertiary/aromatic N) is 8. The molecule has 0 radical (unpaired) electrons. The van der Waals surface area contributed by atoms with Gasteiger partial charge in [0.25, 0.3) is 17.7 Å². The number of fused-ring (bicyclic) bond motifs is 2. The minimum atomic E-state index is -0.973. The Kier molecular flexibility index (Phi) is 10.5. The number of carbonyl (C=O) groups excluding carboxylic acids is 5. The number of hydrogen-bond acceptors (Lipinski definition) is 12. The average Bonchev–Trinajstić information content (AvgIpc) is 3.97. The van der Waals surface area contributed by atoms with Crippen LogP contribution >= 0.6 is 0 Å². The predicted octanol–water partition coefficient (Wildman–Crippen LogP) is 4.26. The van der Waals surface area contributed by atoms with E-state index in [9.17, 15) is 24.0 Å². The van der Waals surface area contributed by atoms with Crippen molar-refractivity contribution in [3.8, 4) is 0 Å². The number of benzene rings is 1. The molecule has 0 bridgehead atoms. The third-order valence-electron chi connectivity index (χ3n) is 12.8. The van der Waals surface area contributed by atoms with Gasteiger partial charge in [-0.05, 0) is 93.8 Å². The van der Waals surface area contributed by atoms with E-state index in [2.05, 4.69) is 41.4 Å². The first kappa shape index (κ1) is 38.6. The van der Waals surface area contributed by atoms with Gasteiger partial charge < -0.3 is 29.9 Å². The molecule has 308 valence electrons. The lowest BCUT2D eigenvalue weighted by Gasteiger charge is -2.37. The Bertz CT molecular complexity index is 2290. The lowest BCUT2D eigenvalue weighted by Crippen LogP contribution is -2.54. The zero-order valence-electron chi connectivity index (χ0n) is 33.7. The molecule has 16 heteroatoms. The predicted molar refractivity (Wildman–Crippen MR) is 222 cm³/mol. The van der Waals surface area contributed by atoms with Crippen LogP contribution in [0.2, 0.25) is 0 Å². The highest BCUT2D eigenvalue weighted by Gasteiger charge is 2.45. The number of anilines is 4. The van der Waals surface area contributed by atoms with Crippen LogP contribution in [0.15, 0.2) is 48.8 Å². The van der Waals surface area contributed by atoms with E-state index < -0.39 is 23.8 Å². The average molecular weight is 802 g/mol. The minimum absolute atomic E-state index is 0.0320. The molecule has 4 aromatic rings. The van der Waals surface area contributed by atoms with Gasteiger partial charge in [-0.15, -0.1) is 0 Å². The highest BCUT2D eigenvalue weighted by molar-refractivity contribution is 6.23. The van der Waals surface area contributed by atoms with E-state index in [4.69, 9.17) is 9.97 Å². The number of carbonyl (C=O) groups is 5. The standard InChI is InChI=1S/C43H51N11O5/c1-50(2)42(59)35-20-27-23-46-43(49-38(27)53(35)29-7-3-4-8-29)47-36-13-10-31(24-45-36)51-18-15-26(16-19-51)22-44-28-6-5-17-52(25-28)30-9-11-32-33(21-30)41(58)54(40(32)57)34-12-14-37(55)48-39(34)56/h9-11,13,20-21,23-24,26,28-29,34,44H,3-8,12,14-19,22,25H2,1-2H3,(H,48,55,56)(H,45,46,47,49)/t28-,34?/m1/s1. The summed E-state index contributed by atoms with van der Waals surface area (Å²) < 4.78 is 2.11. The fourth-order valence-corrected chi connectivity index (χ4v) is 9.52. The number of nitrogens with one attached hydrogen (secondary N) is 3. The van der Waals surface area contributed by atoms with E-state index in [1.54, 1.807) is 37.3 Å². The van der Waals surface area contributed by atoms with E-state index in [1.807, 2.05) is 24.4 Å². The van der Waals surface area contributed by atoms with Crippen LogP contribution in [0.5, 0.6) is 0 Å². The Morgan fingerprint density at radius 1 is 0.831 bits per heavy atom. The maximum Gasteiger partial charge on any atom is 0.270 e. The maximum atomic E-state index is 13.4. The van der Waals surface area contributed by atoms with Crippen molar-refractivity contribution in [3.05, 3.63) is 65.6 Å². The molecule has 9 rings (SSSR count). The summed E-state index contributed by atoms with van der Waals surface area (Å²) in [5, 5.41) is 10.2. The normalized spacial score (nSPS) is 21.7. The molecule has 0 spiro atoms. The van der Waals surface area contributed by atoms with Crippen LogP contribution in [0.3, 0.4) is 0 Å². The number of aromatic nitrogens is 4. The first-order chi connectivity index (χ1) is 28.6. The summed E-state index contributed by atoms with van der Waals surface area (Å²) in [4.78, 5) is 85.2. The molecule has 1 unspecified atom stereocenters. The number of imide groups is 2. The molecular weight excluding hydrogens is 751 g/mol. The number of piperidine rings is 3. The lowest BCUT2D eigenvalue weighted by atomic mass is 9.95. The van der Waals surface area contributed by atoms with Crippen molar-refractivity contribution in [2.24, 2.45) is 5.92 Å². The second-order valence-electron chi connectivity index (χ2n) is 16.8. The topological polar surface area (TPSA) is 178 Å². The molecule has 2 atom stereocenters. The first-order valence-electron chi connectivity index (χ1n) is 21.0. The van der Waals surface area contributed by atoms with Crippen LogP contribution in [0.4, 0.5) is 23.1 Å². The van der Waals surface area contributed by atoms with E-state index in [-0.39, 0.29) is 30.7 Å². The van der Waals surface area contributed by atoms with Crippen LogP contribution in [0.1, 0.15) is 101 Å². The molecule has 16 nitrogen and oxygen atoms in total. The zero-order valence-corrected chi connectivity index (χ0v) is 33.7. The van der Waals surface area contributed by atoms with Crippen LogP contribution in [-0.2, 0) is 9.59 Å². The van der Waals surface area contributed by atoms with Crippen molar-refractivity contribution in [2.75, 3.05) is 61.9 Å². The van der Waals surface area contributed by atoms with Gasteiger partial charge in [0, 0.05) is 76.0 Å². The minimum Gasteiger partial charge on any atom is -0.370 e. The second kappa shape index (κ2) is 16.0. The van der Waals surface area contributed by atoms with Crippen molar-refractivity contribution in [1.29, 1.82) is 0 Å². The fourth-order valence-electron chi connectivity index (χ4n) is 9.52. The van der Waals surface area contributed by atoms with Crippen molar-refractivity contribution >= 4 is 63.7 Å². The molecule has 1 saturated carbocycles. The highest BCUT2D eigenvalue weighted by Crippen LogP contribution is 2.36. The van der Waals surface area contributed by atoms with Crippen LogP contribution in [0, 0.1) is 5.92 Å². The van der Waals surface area contributed by atoms with E-state index in [0.717, 1.165) is 111 Å². The SMILES string of the molecule is CN(C)C(=O)c1cc2cnc(Nc3ccc(N4CCC(CN[C@@H]5CCCN(c6ccc7c(c6)C(=O)N(C6CCC(=O)NC6=O)C7=O)C5)CC4)cn3)nc2n1C1CCCC1. The Labute approximate surface area is 342 Å². The Balaban J connectivity index is 0.767. The second-order valence-corrected chi connectivity index (χ2v) is 16.8. The molecule has 5 aliphatic rings. The summed E-state index contributed by atoms with van der Waals surface area (Å²) >= 11 is 0. The van der Waals surface area contributed by atoms with Crippen molar-refractivity contribution in [2.45, 2.75) is 82.3 Å². The van der Waals surface area contributed by atoms with E-state index >= 15 is 0 Å². The van der Waals surface area contributed by atoms with E-state index in [1.165, 1.54) is 0 Å². The van der Waals surface area contributed by atoms with Gasteiger partial charge in [0.2, 0.25) is 17.8 Å².